The third kappa shape index (κ3) is 2.73. The van der Waals surface area contributed by atoms with E-state index in [1.54, 1.807) is 0 Å². The molecule has 3 rings (SSSR count). The van der Waals surface area contributed by atoms with E-state index in [1.807, 2.05) is 0 Å². The summed E-state index contributed by atoms with van der Waals surface area (Å²) in [6, 6.07) is 6.57. The summed E-state index contributed by atoms with van der Waals surface area (Å²) in [4.78, 5) is 12.1. The molecule has 0 saturated heterocycles. The summed E-state index contributed by atoms with van der Waals surface area (Å²) < 4.78 is 13.4. The molecule has 6 heteroatoms. The third-order valence-corrected chi connectivity index (χ3v) is 4.06. The summed E-state index contributed by atoms with van der Waals surface area (Å²) >= 11 is 0. The SMILES string of the molecule is Cc1ccc2c(c1)[C@@H](Nc1nc(N)nc([C@@H](C)F)n1)[C@@H](C)C2. The molecule has 0 fully saturated rings. The number of alkyl halides is 1. The number of halogens is 1. The third-order valence-electron chi connectivity index (χ3n) is 4.06. The summed E-state index contributed by atoms with van der Waals surface area (Å²) in [5.41, 5.74) is 9.45. The molecule has 0 radical (unpaired) electrons. The standard InChI is InChI=1S/C16H20FN5/c1-8-4-5-11-7-9(2)13(12(11)6-8)19-16-21-14(10(3)17)20-15(18)22-16/h4-6,9-10,13H,7H2,1-3H3,(H3,18,19,20,21,22)/t9-,10+,13-/m0/s1. The molecule has 116 valence electrons. The van der Waals surface area contributed by atoms with Gasteiger partial charge in [-0.15, -0.1) is 0 Å². The second-order valence-electron chi connectivity index (χ2n) is 6.00. The van der Waals surface area contributed by atoms with E-state index in [0.717, 1.165) is 6.42 Å². The van der Waals surface area contributed by atoms with Crippen LogP contribution < -0.4 is 11.1 Å². The second-order valence-corrected chi connectivity index (χ2v) is 6.00. The lowest BCUT2D eigenvalue weighted by Crippen LogP contribution is -2.18. The van der Waals surface area contributed by atoms with Crippen LogP contribution in [0.15, 0.2) is 18.2 Å². The molecule has 1 aliphatic carbocycles. The number of hydrogen-bond donors (Lipinski definition) is 2. The van der Waals surface area contributed by atoms with Crippen molar-refractivity contribution in [3.8, 4) is 0 Å². The number of nitrogens with two attached hydrogens (primary N) is 1. The number of nitrogens with zero attached hydrogens (tertiary/aromatic N) is 3. The summed E-state index contributed by atoms with van der Waals surface area (Å²) in [7, 11) is 0. The lowest BCUT2D eigenvalue weighted by atomic mass is 10.0. The van der Waals surface area contributed by atoms with E-state index in [1.165, 1.54) is 23.6 Å². The highest BCUT2D eigenvalue weighted by Gasteiger charge is 2.30. The Morgan fingerprint density at radius 1 is 1.32 bits per heavy atom. The highest BCUT2D eigenvalue weighted by atomic mass is 19.1. The number of aryl methyl sites for hydroxylation is 1. The molecule has 1 aliphatic rings. The predicted octanol–water partition coefficient (Wildman–Crippen LogP) is 3.14. The zero-order valence-electron chi connectivity index (χ0n) is 13.0. The Kier molecular flexibility index (Phi) is 3.68. The molecule has 5 nitrogen and oxygen atoms in total. The van der Waals surface area contributed by atoms with E-state index in [-0.39, 0.29) is 17.8 Å². The Balaban J connectivity index is 1.92. The minimum atomic E-state index is -1.28. The van der Waals surface area contributed by atoms with Gasteiger partial charge in [-0.25, -0.2) is 4.39 Å². The summed E-state index contributed by atoms with van der Waals surface area (Å²) in [5.74, 6) is 0.830. The monoisotopic (exact) mass is 301 g/mol. The maximum Gasteiger partial charge on any atom is 0.228 e. The topological polar surface area (TPSA) is 76.7 Å². The van der Waals surface area contributed by atoms with Crippen LogP contribution in [0.5, 0.6) is 0 Å². The van der Waals surface area contributed by atoms with Crippen LogP contribution in [0.1, 0.15) is 48.6 Å². The van der Waals surface area contributed by atoms with Gasteiger partial charge in [0.1, 0.15) is 0 Å². The van der Waals surface area contributed by atoms with E-state index in [2.05, 4.69) is 52.3 Å². The maximum atomic E-state index is 13.4. The van der Waals surface area contributed by atoms with E-state index < -0.39 is 6.17 Å². The fraction of sp³-hybridized carbons (Fsp3) is 0.438. The van der Waals surface area contributed by atoms with Gasteiger partial charge in [0.25, 0.3) is 0 Å². The van der Waals surface area contributed by atoms with Crippen LogP contribution in [-0.4, -0.2) is 15.0 Å². The van der Waals surface area contributed by atoms with E-state index in [0.29, 0.717) is 11.9 Å². The Morgan fingerprint density at radius 3 is 2.82 bits per heavy atom. The molecule has 1 aromatic carbocycles. The van der Waals surface area contributed by atoms with Gasteiger partial charge in [0.2, 0.25) is 11.9 Å². The van der Waals surface area contributed by atoms with Gasteiger partial charge in [0.05, 0.1) is 6.04 Å². The smallest absolute Gasteiger partial charge is 0.228 e. The first-order valence-corrected chi connectivity index (χ1v) is 7.45. The van der Waals surface area contributed by atoms with Crippen molar-refractivity contribution in [1.29, 1.82) is 0 Å². The number of aromatic nitrogens is 3. The molecule has 3 N–H and O–H groups in total. The number of hydrogen-bond acceptors (Lipinski definition) is 5. The summed E-state index contributed by atoms with van der Waals surface area (Å²) in [5, 5.41) is 3.30. The van der Waals surface area contributed by atoms with Crippen molar-refractivity contribution in [1.82, 2.24) is 15.0 Å². The van der Waals surface area contributed by atoms with Gasteiger partial charge in [-0.05, 0) is 37.3 Å². The predicted molar refractivity (Wildman–Crippen MR) is 84.2 cm³/mol. The van der Waals surface area contributed by atoms with Crippen molar-refractivity contribution in [2.45, 2.75) is 39.4 Å². The van der Waals surface area contributed by atoms with Crippen molar-refractivity contribution in [2.24, 2.45) is 5.92 Å². The molecule has 0 saturated carbocycles. The van der Waals surface area contributed by atoms with E-state index in [4.69, 9.17) is 5.73 Å². The van der Waals surface area contributed by atoms with Crippen LogP contribution in [0.2, 0.25) is 0 Å². The first-order valence-electron chi connectivity index (χ1n) is 7.45. The molecule has 1 heterocycles. The molecular weight excluding hydrogens is 281 g/mol. The Hall–Kier alpha value is -2.24. The Morgan fingerprint density at radius 2 is 2.09 bits per heavy atom. The molecule has 0 aliphatic heterocycles. The van der Waals surface area contributed by atoms with Gasteiger partial charge in [-0.2, -0.15) is 15.0 Å². The quantitative estimate of drug-likeness (QED) is 0.910. The number of rotatable bonds is 3. The average Bonchev–Trinajstić information content (AvgIpc) is 2.74. The van der Waals surface area contributed by atoms with Crippen molar-refractivity contribution in [2.75, 3.05) is 11.1 Å². The fourth-order valence-corrected chi connectivity index (χ4v) is 2.97. The number of nitrogen functional groups attached to an aromatic ring is 1. The highest BCUT2D eigenvalue weighted by Crippen LogP contribution is 2.38. The minimum absolute atomic E-state index is 0.0344. The lowest BCUT2D eigenvalue weighted by molar-refractivity contribution is 0.356. The van der Waals surface area contributed by atoms with Gasteiger partial charge in [-0.3, -0.25) is 0 Å². The van der Waals surface area contributed by atoms with Crippen LogP contribution in [0.25, 0.3) is 0 Å². The molecule has 22 heavy (non-hydrogen) atoms. The molecule has 0 unspecified atom stereocenters. The highest BCUT2D eigenvalue weighted by molar-refractivity contribution is 5.44. The van der Waals surface area contributed by atoms with Gasteiger partial charge in [-0.1, -0.05) is 30.7 Å². The lowest BCUT2D eigenvalue weighted by Gasteiger charge is -2.19. The van der Waals surface area contributed by atoms with Gasteiger partial charge in [0.15, 0.2) is 12.0 Å². The van der Waals surface area contributed by atoms with Crippen LogP contribution in [-0.2, 0) is 6.42 Å². The van der Waals surface area contributed by atoms with E-state index >= 15 is 0 Å². The largest absolute Gasteiger partial charge is 0.368 e. The molecule has 0 bridgehead atoms. The molecule has 2 aromatic rings. The van der Waals surface area contributed by atoms with Crippen LogP contribution in [0.4, 0.5) is 16.3 Å². The molecule has 1 aromatic heterocycles. The second kappa shape index (κ2) is 5.51. The Labute approximate surface area is 129 Å². The molecule has 0 spiro atoms. The maximum absolute atomic E-state index is 13.4. The molecule has 0 amide bonds. The first-order chi connectivity index (χ1) is 10.4. The normalized spacial score (nSPS) is 21.5. The van der Waals surface area contributed by atoms with E-state index in [9.17, 15) is 4.39 Å². The van der Waals surface area contributed by atoms with Crippen molar-refractivity contribution in [3.63, 3.8) is 0 Å². The zero-order chi connectivity index (χ0) is 15.9. The summed E-state index contributed by atoms with van der Waals surface area (Å²) in [6.07, 6.45) is -0.276. The number of anilines is 2. The first kappa shape index (κ1) is 14.7. The van der Waals surface area contributed by atoms with Gasteiger partial charge in [0, 0.05) is 0 Å². The number of nitrogens with one attached hydrogen (secondary N) is 1. The number of benzene rings is 1. The van der Waals surface area contributed by atoms with Crippen molar-refractivity contribution in [3.05, 3.63) is 40.7 Å². The fourth-order valence-electron chi connectivity index (χ4n) is 2.97. The van der Waals surface area contributed by atoms with Crippen LogP contribution in [0, 0.1) is 12.8 Å². The molecular formula is C16H20FN5. The van der Waals surface area contributed by atoms with Crippen LogP contribution >= 0.6 is 0 Å². The minimum Gasteiger partial charge on any atom is -0.368 e. The van der Waals surface area contributed by atoms with Crippen LogP contribution in [0.3, 0.4) is 0 Å². The Bertz CT molecular complexity index is 701. The van der Waals surface area contributed by atoms with Gasteiger partial charge < -0.3 is 11.1 Å². The number of fused-ring (bicyclic) bond motifs is 1. The zero-order valence-corrected chi connectivity index (χ0v) is 13.0. The van der Waals surface area contributed by atoms with Crippen molar-refractivity contribution < 1.29 is 4.39 Å². The average molecular weight is 301 g/mol. The van der Waals surface area contributed by atoms with Crippen molar-refractivity contribution >= 4 is 11.9 Å². The van der Waals surface area contributed by atoms with Gasteiger partial charge >= 0.3 is 0 Å². The summed E-state index contributed by atoms with van der Waals surface area (Å²) in [6.45, 7) is 5.63. The molecule has 3 atom stereocenters.